The fraction of sp³-hybridized carbons (Fsp3) is 0.467. The normalized spacial score (nSPS) is 18.0. The molecule has 1 saturated heterocycles. The quantitative estimate of drug-likeness (QED) is 0.833. The van der Waals surface area contributed by atoms with Crippen LogP contribution >= 0.6 is 0 Å². The number of carbonyl (C=O) groups is 1. The van der Waals surface area contributed by atoms with Crippen molar-refractivity contribution in [1.29, 1.82) is 5.26 Å². The smallest absolute Gasteiger partial charge is 0.406 e. The van der Waals surface area contributed by atoms with Crippen molar-refractivity contribution in [3.63, 3.8) is 0 Å². The van der Waals surface area contributed by atoms with E-state index >= 15 is 0 Å². The highest BCUT2D eigenvalue weighted by Gasteiger charge is 2.40. The van der Waals surface area contributed by atoms with Gasteiger partial charge in [-0.2, -0.15) is 18.4 Å². The van der Waals surface area contributed by atoms with Crippen molar-refractivity contribution in [3.8, 4) is 17.6 Å². The van der Waals surface area contributed by atoms with E-state index in [2.05, 4.69) is 0 Å². The monoisotopic (exact) mass is 328 g/mol. The summed E-state index contributed by atoms with van der Waals surface area (Å²) in [6.07, 6.45) is -5.25. The summed E-state index contributed by atoms with van der Waals surface area (Å²) in [5.41, 5.74) is 0.359. The standard InChI is InChI=1S/C15H15F3N2O3/c1-2-22-13-7-10(8-19)3-4-11(13)23-12-5-6-20(14(12)21)9-15(16,17)18/h3-4,7,12H,2,5-6,9H2,1H3/t12-/m1/s1. The minimum absolute atomic E-state index is 0.0107. The van der Waals surface area contributed by atoms with Crippen LogP contribution in [0.4, 0.5) is 13.2 Å². The van der Waals surface area contributed by atoms with Crippen LogP contribution in [0, 0.1) is 11.3 Å². The Morgan fingerprint density at radius 3 is 2.74 bits per heavy atom. The maximum atomic E-state index is 12.4. The van der Waals surface area contributed by atoms with Crippen LogP contribution in [-0.4, -0.2) is 42.8 Å². The summed E-state index contributed by atoms with van der Waals surface area (Å²) in [4.78, 5) is 12.7. The molecule has 1 aromatic rings. The van der Waals surface area contributed by atoms with Crippen molar-refractivity contribution in [2.75, 3.05) is 19.7 Å². The van der Waals surface area contributed by atoms with Gasteiger partial charge in [0.1, 0.15) is 6.54 Å². The molecular formula is C15H15F3N2O3. The van der Waals surface area contributed by atoms with Gasteiger partial charge in [-0.15, -0.1) is 0 Å². The first-order valence-electron chi connectivity index (χ1n) is 7.03. The number of ether oxygens (including phenoxy) is 2. The number of rotatable bonds is 5. The molecule has 23 heavy (non-hydrogen) atoms. The molecule has 1 atom stereocenters. The van der Waals surface area contributed by atoms with Crippen LogP contribution in [0.25, 0.3) is 0 Å². The molecule has 1 aromatic carbocycles. The zero-order valence-electron chi connectivity index (χ0n) is 12.4. The zero-order valence-corrected chi connectivity index (χ0v) is 12.4. The van der Waals surface area contributed by atoms with Gasteiger partial charge in [0.25, 0.3) is 5.91 Å². The summed E-state index contributed by atoms with van der Waals surface area (Å²) in [5.74, 6) is -0.180. The Bertz CT molecular complexity index is 625. The molecule has 124 valence electrons. The summed E-state index contributed by atoms with van der Waals surface area (Å²) in [6.45, 7) is 0.777. The predicted molar refractivity (Wildman–Crippen MR) is 74.0 cm³/mol. The molecule has 1 amide bonds. The molecule has 1 fully saturated rings. The lowest BCUT2D eigenvalue weighted by Crippen LogP contribution is -2.38. The molecule has 1 aliphatic rings. The highest BCUT2D eigenvalue weighted by molar-refractivity contribution is 5.83. The van der Waals surface area contributed by atoms with Crippen LogP contribution in [0.1, 0.15) is 18.9 Å². The van der Waals surface area contributed by atoms with Crippen molar-refractivity contribution in [3.05, 3.63) is 23.8 Å². The third kappa shape index (κ3) is 4.28. The van der Waals surface area contributed by atoms with Gasteiger partial charge >= 0.3 is 6.18 Å². The number of amides is 1. The second-order valence-corrected chi connectivity index (χ2v) is 4.98. The van der Waals surface area contributed by atoms with Crippen LogP contribution in [0.3, 0.4) is 0 Å². The van der Waals surface area contributed by atoms with Crippen LogP contribution in [0.2, 0.25) is 0 Å². The van der Waals surface area contributed by atoms with Crippen LogP contribution < -0.4 is 9.47 Å². The number of alkyl halides is 3. The van der Waals surface area contributed by atoms with E-state index in [-0.39, 0.29) is 24.5 Å². The van der Waals surface area contributed by atoms with Crippen LogP contribution in [0.15, 0.2) is 18.2 Å². The highest BCUT2D eigenvalue weighted by Crippen LogP contribution is 2.31. The van der Waals surface area contributed by atoms with Gasteiger partial charge in [-0.1, -0.05) is 0 Å². The first-order valence-corrected chi connectivity index (χ1v) is 7.03. The van der Waals surface area contributed by atoms with Gasteiger partial charge in [0.05, 0.1) is 18.2 Å². The van der Waals surface area contributed by atoms with Crippen LogP contribution in [-0.2, 0) is 4.79 Å². The molecule has 0 saturated carbocycles. The summed E-state index contributed by atoms with van der Waals surface area (Å²) in [5, 5.41) is 8.88. The molecule has 0 aromatic heterocycles. The fourth-order valence-corrected chi connectivity index (χ4v) is 2.29. The molecule has 0 radical (unpaired) electrons. The maximum Gasteiger partial charge on any atom is 0.406 e. The van der Waals surface area contributed by atoms with Crippen molar-refractivity contribution < 1.29 is 27.4 Å². The largest absolute Gasteiger partial charge is 0.490 e. The van der Waals surface area contributed by atoms with E-state index in [4.69, 9.17) is 14.7 Å². The molecule has 0 N–H and O–H groups in total. The lowest BCUT2D eigenvalue weighted by Gasteiger charge is -2.19. The first kappa shape index (κ1) is 16.9. The molecule has 0 aliphatic carbocycles. The van der Waals surface area contributed by atoms with Crippen LogP contribution in [0.5, 0.6) is 11.5 Å². The highest BCUT2D eigenvalue weighted by atomic mass is 19.4. The first-order chi connectivity index (χ1) is 10.8. The van der Waals surface area contributed by atoms with E-state index in [1.54, 1.807) is 6.92 Å². The number of nitrogens with zero attached hydrogens (tertiary/aromatic N) is 2. The number of hydrogen-bond donors (Lipinski definition) is 0. The predicted octanol–water partition coefficient (Wildman–Crippen LogP) is 2.50. The lowest BCUT2D eigenvalue weighted by atomic mass is 10.2. The van der Waals surface area contributed by atoms with E-state index in [1.807, 2.05) is 6.07 Å². The number of halogens is 3. The third-order valence-electron chi connectivity index (χ3n) is 3.26. The summed E-state index contributed by atoms with van der Waals surface area (Å²) >= 11 is 0. The summed E-state index contributed by atoms with van der Waals surface area (Å²) in [6, 6.07) is 6.38. The Hall–Kier alpha value is -2.43. The minimum atomic E-state index is -4.44. The van der Waals surface area contributed by atoms with Crippen molar-refractivity contribution >= 4 is 5.91 Å². The molecule has 5 nitrogen and oxygen atoms in total. The maximum absolute atomic E-state index is 12.4. The third-order valence-corrected chi connectivity index (χ3v) is 3.26. The van der Waals surface area contributed by atoms with E-state index in [1.165, 1.54) is 18.2 Å². The Morgan fingerprint density at radius 1 is 1.39 bits per heavy atom. The second-order valence-electron chi connectivity index (χ2n) is 4.98. The molecule has 0 unspecified atom stereocenters. The molecule has 2 rings (SSSR count). The number of likely N-dealkylation sites (tertiary alicyclic amines) is 1. The molecule has 1 aliphatic heterocycles. The van der Waals surface area contributed by atoms with Gasteiger partial charge in [0.15, 0.2) is 17.6 Å². The van der Waals surface area contributed by atoms with Gasteiger partial charge in [0, 0.05) is 19.0 Å². The van der Waals surface area contributed by atoms with E-state index < -0.39 is 24.7 Å². The summed E-state index contributed by atoms with van der Waals surface area (Å²) in [7, 11) is 0. The number of hydrogen-bond acceptors (Lipinski definition) is 4. The average Bonchev–Trinajstić information content (AvgIpc) is 2.80. The van der Waals surface area contributed by atoms with Crippen molar-refractivity contribution in [2.24, 2.45) is 0 Å². The molecule has 0 bridgehead atoms. The van der Waals surface area contributed by atoms with E-state index in [0.29, 0.717) is 12.2 Å². The molecular weight excluding hydrogens is 313 g/mol. The van der Waals surface area contributed by atoms with Gasteiger partial charge in [-0.05, 0) is 19.1 Å². The van der Waals surface area contributed by atoms with E-state index in [0.717, 1.165) is 4.90 Å². The SMILES string of the molecule is CCOc1cc(C#N)ccc1O[C@@H]1CCN(CC(F)(F)F)C1=O. The van der Waals surface area contributed by atoms with Crippen molar-refractivity contribution in [1.82, 2.24) is 4.90 Å². The minimum Gasteiger partial charge on any atom is -0.490 e. The molecule has 0 spiro atoms. The molecule has 8 heteroatoms. The topological polar surface area (TPSA) is 62.6 Å². The van der Waals surface area contributed by atoms with Crippen molar-refractivity contribution in [2.45, 2.75) is 25.6 Å². The zero-order chi connectivity index (χ0) is 17.0. The Balaban J connectivity index is 2.11. The Labute approximate surface area is 131 Å². The van der Waals surface area contributed by atoms with Gasteiger partial charge in [0.2, 0.25) is 0 Å². The number of benzene rings is 1. The lowest BCUT2D eigenvalue weighted by molar-refractivity contribution is -0.159. The van der Waals surface area contributed by atoms with E-state index in [9.17, 15) is 18.0 Å². The van der Waals surface area contributed by atoms with Gasteiger partial charge < -0.3 is 14.4 Å². The number of carbonyl (C=O) groups excluding carboxylic acids is 1. The number of nitriles is 1. The Kier molecular flexibility index (Phi) is 4.98. The van der Waals surface area contributed by atoms with Gasteiger partial charge in [-0.25, -0.2) is 0 Å². The summed E-state index contributed by atoms with van der Waals surface area (Å²) < 4.78 is 48.1. The van der Waals surface area contributed by atoms with Gasteiger partial charge in [-0.3, -0.25) is 4.79 Å². The Morgan fingerprint density at radius 2 is 2.13 bits per heavy atom. The molecule has 1 heterocycles. The second kappa shape index (κ2) is 6.77. The average molecular weight is 328 g/mol. The fourth-order valence-electron chi connectivity index (χ4n) is 2.29.